The summed E-state index contributed by atoms with van der Waals surface area (Å²) in [5, 5.41) is 3.71. The van der Waals surface area contributed by atoms with Crippen molar-refractivity contribution in [3.05, 3.63) is 23.2 Å². The number of hydrogen-bond donors (Lipinski definition) is 1. The Balaban J connectivity index is 2.16. The van der Waals surface area contributed by atoms with Gasteiger partial charge in [-0.15, -0.1) is 0 Å². The Hall–Kier alpha value is -1.22. The molecule has 0 unspecified atom stereocenters. The van der Waals surface area contributed by atoms with Gasteiger partial charge in [-0.2, -0.15) is 0 Å². The van der Waals surface area contributed by atoms with Crippen LogP contribution in [0.5, 0.6) is 0 Å². The van der Waals surface area contributed by atoms with Crippen molar-refractivity contribution < 1.29 is 4.79 Å². The Morgan fingerprint density at radius 1 is 1.47 bits per heavy atom. The maximum atomic E-state index is 12.2. The zero-order valence-electron chi connectivity index (χ0n) is 9.79. The summed E-state index contributed by atoms with van der Waals surface area (Å²) in [5.74, 6) is 0.125. The Kier molecular flexibility index (Phi) is 2.33. The number of fused-ring (bicyclic) bond motifs is 1. The van der Waals surface area contributed by atoms with Crippen LogP contribution in [0.4, 0.5) is 11.4 Å². The Bertz CT molecular complexity index is 482. The van der Waals surface area contributed by atoms with Gasteiger partial charge in [0.1, 0.15) is 5.54 Å². The molecule has 1 saturated carbocycles. The number of carbonyl (C=O) groups is 1. The van der Waals surface area contributed by atoms with E-state index < -0.39 is 0 Å². The fourth-order valence-electron chi connectivity index (χ4n) is 2.94. The first-order valence-corrected chi connectivity index (χ1v) is 6.44. The molecule has 1 N–H and O–H groups in total. The summed E-state index contributed by atoms with van der Waals surface area (Å²) >= 11 is 6.28. The number of nitrogens with zero attached hydrogens (tertiary/aromatic N) is 1. The van der Waals surface area contributed by atoms with Crippen molar-refractivity contribution in [2.45, 2.75) is 31.7 Å². The van der Waals surface area contributed by atoms with Crippen molar-refractivity contribution in [3.63, 3.8) is 0 Å². The van der Waals surface area contributed by atoms with E-state index in [4.69, 9.17) is 11.6 Å². The third-order valence-corrected chi connectivity index (χ3v) is 4.25. The lowest BCUT2D eigenvalue weighted by Crippen LogP contribution is -2.64. The number of hydrogen-bond acceptors (Lipinski definition) is 2. The average Bonchev–Trinajstić information content (AvgIpc) is 2.25. The number of amides is 1. The van der Waals surface area contributed by atoms with E-state index in [1.54, 1.807) is 0 Å². The second-order valence-corrected chi connectivity index (χ2v) is 5.13. The topological polar surface area (TPSA) is 32.3 Å². The molecule has 90 valence electrons. The van der Waals surface area contributed by atoms with E-state index in [1.807, 2.05) is 18.2 Å². The van der Waals surface area contributed by atoms with E-state index in [0.717, 1.165) is 42.2 Å². The highest BCUT2D eigenvalue weighted by atomic mass is 35.5. The first-order chi connectivity index (χ1) is 8.19. The van der Waals surface area contributed by atoms with E-state index in [1.165, 1.54) is 0 Å². The van der Waals surface area contributed by atoms with Gasteiger partial charge in [0.05, 0.1) is 16.4 Å². The van der Waals surface area contributed by atoms with Crippen LogP contribution in [0.2, 0.25) is 5.02 Å². The van der Waals surface area contributed by atoms with Gasteiger partial charge in [-0.1, -0.05) is 17.7 Å². The van der Waals surface area contributed by atoms with Crippen molar-refractivity contribution in [2.24, 2.45) is 0 Å². The molecule has 1 aliphatic carbocycles. The van der Waals surface area contributed by atoms with E-state index in [0.29, 0.717) is 0 Å². The third kappa shape index (κ3) is 1.32. The quantitative estimate of drug-likeness (QED) is 0.831. The summed E-state index contributed by atoms with van der Waals surface area (Å²) in [5.41, 5.74) is 1.48. The lowest BCUT2D eigenvalue weighted by Gasteiger charge is -2.52. The largest absolute Gasteiger partial charge is 0.354 e. The molecule has 3 nitrogen and oxygen atoms in total. The van der Waals surface area contributed by atoms with Crippen molar-refractivity contribution in [2.75, 3.05) is 16.8 Å². The molecule has 0 saturated heterocycles. The van der Waals surface area contributed by atoms with Crippen molar-refractivity contribution in [3.8, 4) is 0 Å². The highest BCUT2D eigenvalue weighted by Crippen LogP contribution is 2.49. The molecule has 2 aliphatic rings. The van der Waals surface area contributed by atoms with Crippen LogP contribution in [-0.4, -0.2) is 18.0 Å². The number of nitrogens with one attached hydrogen (secondary N) is 1. The van der Waals surface area contributed by atoms with Crippen LogP contribution < -0.4 is 10.2 Å². The molecule has 3 rings (SSSR count). The van der Waals surface area contributed by atoms with Crippen LogP contribution in [0.25, 0.3) is 0 Å². The van der Waals surface area contributed by atoms with Crippen LogP contribution in [0.3, 0.4) is 0 Å². The Morgan fingerprint density at radius 2 is 2.24 bits per heavy atom. The first kappa shape index (κ1) is 10.9. The lowest BCUT2D eigenvalue weighted by atomic mass is 9.73. The Labute approximate surface area is 106 Å². The molecule has 0 aromatic heterocycles. The molecule has 1 fully saturated rings. The molecule has 0 radical (unpaired) electrons. The van der Waals surface area contributed by atoms with Crippen molar-refractivity contribution in [1.82, 2.24) is 0 Å². The molecule has 0 atom stereocenters. The van der Waals surface area contributed by atoms with Crippen LogP contribution in [0.15, 0.2) is 18.2 Å². The van der Waals surface area contributed by atoms with Gasteiger partial charge in [0, 0.05) is 6.54 Å². The Morgan fingerprint density at radius 3 is 2.82 bits per heavy atom. The van der Waals surface area contributed by atoms with Crippen molar-refractivity contribution >= 4 is 28.9 Å². The molecular weight excluding hydrogens is 236 g/mol. The molecule has 1 spiro atoms. The van der Waals surface area contributed by atoms with Crippen LogP contribution >= 0.6 is 11.6 Å². The van der Waals surface area contributed by atoms with Gasteiger partial charge in [-0.3, -0.25) is 4.79 Å². The lowest BCUT2D eigenvalue weighted by molar-refractivity contribution is -0.124. The number of halogens is 1. The van der Waals surface area contributed by atoms with Crippen LogP contribution in [0, 0.1) is 0 Å². The van der Waals surface area contributed by atoms with E-state index in [-0.39, 0.29) is 11.4 Å². The van der Waals surface area contributed by atoms with E-state index in [2.05, 4.69) is 17.1 Å². The minimum atomic E-state index is -0.341. The standard InChI is InChI=1S/C13H15ClN2O/c1-2-16-11-9(14)5-3-6-10(11)15-12(17)13(16)7-4-8-13/h3,5-6H,2,4,7-8H2,1H3,(H,15,17). The van der Waals surface area contributed by atoms with Gasteiger partial charge in [0.25, 0.3) is 0 Å². The molecule has 1 aromatic carbocycles. The minimum Gasteiger partial charge on any atom is -0.354 e. The van der Waals surface area contributed by atoms with E-state index >= 15 is 0 Å². The normalized spacial score (nSPS) is 20.8. The third-order valence-electron chi connectivity index (χ3n) is 3.94. The van der Waals surface area contributed by atoms with Gasteiger partial charge in [-0.05, 0) is 38.3 Å². The monoisotopic (exact) mass is 250 g/mol. The predicted octanol–water partition coefficient (Wildman–Crippen LogP) is 3.04. The molecule has 1 aromatic rings. The van der Waals surface area contributed by atoms with Crippen molar-refractivity contribution in [1.29, 1.82) is 0 Å². The zero-order chi connectivity index (χ0) is 12.0. The fourth-order valence-corrected chi connectivity index (χ4v) is 3.21. The summed E-state index contributed by atoms with van der Waals surface area (Å²) in [7, 11) is 0. The summed E-state index contributed by atoms with van der Waals surface area (Å²) < 4.78 is 0. The van der Waals surface area contributed by atoms with Crippen LogP contribution in [0.1, 0.15) is 26.2 Å². The smallest absolute Gasteiger partial charge is 0.250 e. The predicted molar refractivity (Wildman–Crippen MR) is 69.7 cm³/mol. The molecular formula is C13H15ClN2O. The fraction of sp³-hybridized carbons (Fsp3) is 0.462. The average molecular weight is 251 g/mol. The second kappa shape index (κ2) is 3.64. The maximum absolute atomic E-state index is 12.2. The van der Waals surface area contributed by atoms with Gasteiger partial charge in [0.15, 0.2) is 0 Å². The first-order valence-electron chi connectivity index (χ1n) is 6.06. The number of anilines is 2. The number of para-hydroxylation sites is 1. The van der Waals surface area contributed by atoms with Gasteiger partial charge in [0.2, 0.25) is 5.91 Å². The summed E-state index contributed by atoms with van der Waals surface area (Å²) in [6, 6.07) is 5.66. The molecule has 0 bridgehead atoms. The molecule has 17 heavy (non-hydrogen) atoms. The molecule has 1 amide bonds. The molecule has 1 heterocycles. The summed E-state index contributed by atoms with van der Waals surface area (Å²) in [4.78, 5) is 14.4. The highest BCUT2D eigenvalue weighted by molar-refractivity contribution is 6.34. The molecule has 1 aliphatic heterocycles. The van der Waals surface area contributed by atoms with Crippen LogP contribution in [-0.2, 0) is 4.79 Å². The summed E-state index contributed by atoms with van der Waals surface area (Å²) in [6.45, 7) is 2.88. The molecule has 4 heteroatoms. The van der Waals surface area contributed by atoms with Gasteiger partial charge in [-0.25, -0.2) is 0 Å². The van der Waals surface area contributed by atoms with E-state index in [9.17, 15) is 4.79 Å². The zero-order valence-corrected chi connectivity index (χ0v) is 10.5. The number of likely N-dealkylation sites (N-methyl/N-ethyl adjacent to an activating group) is 1. The highest BCUT2D eigenvalue weighted by Gasteiger charge is 2.52. The minimum absolute atomic E-state index is 0.125. The number of carbonyl (C=O) groups excluding carboxylic acids is 1. The van der Waals surface area contributed by atoms with Gasteiger partial charge >= 0.3 is 0 Å². The second-order valence-electron chi connectivity index (χ2n) is 4.72. The maximum Gasteiger partial charge on any atom is 0.250 e. The number of benzene rings is 1. The SMILES string of the molecule is CCN1c2c(Cl)cccc2NC(=O)C12CCC2. The number of rotatable bonds is 1. The summed E-state index contributed by atoms with van der Waals surface area (Å²) in [6.07, 6.45) is 2.97. The van der Waals surface area contributed by atoms with Gasteiger partial charge < -0.3 is 10.2 Å².